The van der Waals surface area contributed by atoms with Crippen LogP contribution in [-0.4, -0.2) is 53.5 Å². The highest BCUT2D eigenvalue weighted by Crippen LogP contribution is 2.35. The van der Waals surface area contributed by atoms with Crippen molar-refractivity contribution >= 4 is 45.7 Å². The second-order valence-electron chi connectivity index (χ2n) is 6.27. The van der Waals surface area contributed by atoms with Gasteiger partial charge in [0, 0.05) is 13.1 Å². The number of nitrogens with zero attached hydrogens (tertiary/aromatic N) is 3. The van der Waals surface area contributed by atoms with Gasteiger partial charge in [0.15, 0.2) is 10.4 Å². The van der Waals surface area contributed by atoms with E-state index in [0.29, 0.717) is 17.5 Å². The molecule has 2 aliphatic rings. The van der Waals surface area contributed by atoms with Crippen LogP contribution in [0.25, 0.3) is 0 Å². The van der Waals surface area contributed by atoms with Gasteiger partial charge in [-0.3, -0.25) is 9.59 Å². The van der Waals surface area contributed by atoms with Crippen LogP contribution in [0.15, 0.2) is 28.6 Å². The standard InChI is InChI=1S/C17H19N5O3S2/c1-18-15(24)13-8-22(11-4-2-3-5-12(11)25-13)14(23)9-26-17-21-20-16(27-17)19-10-6-7-10/h2-5,10,13H,6-9H2,1H3,(H,18,24)(H,19,20). The van der Waals surface area contributed by atoms with Crippen molar-refractivity contribution in [1.29, 1.82) is 0 Å². The maximum Gasteiger partial charge on any atom is 0.262 e. The molecule has 0 saturated heterocycles. The van der Waals surface area contributed by atoms with E-state index in [-0.39, 0.29) is 24.1 Å². The van der Waals surface area contributed by atoms with Gasteiger partial charge < -0.3 is 20.3 Å². The van der Waals surface area contributed by atoms with Gasteiger partial charge in [0.2, 0.25) is 11.0 Å². The van der Waals surface area contributed by atoms with Gasteiger partial charge in [-0.15, -0.1) is 10.2 Å². The van der Waals surface area contributed by atoms with Crippen LogP contribution in [0.3, 0.4) is 0 Å². The Kier molecular flexibility index (Phi) is 5.17. The number of fused-ring (bicyclic) bond motifs is 1. The maximum absolute atomic E-state index is 12.8. The first-order chi connectivity index (χ1) is 13.1. The van der Waals surface area contributed by atoms with Crippen molar-refractivity contribution in [2.24, 2.45) is 0 Å². The van der Waals surface area contributed by atoms with E-state index in [2.05, 4.69) is 20.8 Å². The van der Waals surface area contributed by atoms with Crippen LogP contribution < -0.4 is 20.3 Å². The molecule has 1 aromatic carbocycles. The number of aromatic nitrogens is 2. The molecule has 1 unspecified atom stereocenters. The van der Waals surface area contributed by atoms with Crippen molar-refractivity contribution in [2.45, 2.75) is 29.3 Å². The fourth-order valence-electron chi connectivity index (χ4n) is 2.70. The number of hydrogen-bond acceptors (Lipinski definition) is 8. The van der Waals surface area contributed by atoms with Crippen molar-refractivity contribution in [3.05, 3.63) is 24.3 Å². The minimum Gasteiger partial charge on any atom is -0.477 e. The lowest BCUT2D eigenvalue weighted by Gasteiger charge is -2.33. The Bertz CT molecular complexity index is 855. The molecule has 2 N–H and O–H groups in total. The molecule has 2 heterocycles. The first kappa shape index (κ1) is 18.1. The van der Waals surface area contributed by atoms with E-state index < -0.39 is 6.10 Å². The molecule has 0 bridgehead atoms. The van der Waals surface area contributed by atoms with E-state index in [1.807, 2.05) is 18.2 Å². The van der Waals surface area contributed by atoms with Crippen molar-refractivity contribution in [1.82, 2.24) is 15.5 Å². The Morgan fingerprint density at radius 1 is 1.33 bits per heavy atom. The quantitative estimate of drug-likeness (QED) is 0.707. The average Bonchev–Trinajstić information content (AvgIpc) is 3.40. The van der Waals surface area contributed by atoms with E-state index in [1.165, 1.54) is 35.9 Å². The van der Waals surface area contributed by atoms with E-state index in [9.17, 15) is 9.59 Å². The number of nitrogens with one attached hydrogen (secondary N) is 2. The molecular formula is C17H19N5O3S2. The van der Waals surface area contributed by atoms with Crippen LogP contribution in [-0.2, 0) is 9.59 Å². The molecule has 1 aliphatic carbocycles. The summed E-state index contributed by atoms with van der Waals surface area (Å²) in [7, 11) is 1.55. The van der Waals surface area contributed by atoms with Crippen molar-refractivity contribution < 1.29 is 14.3 Å². The highest BCUT2D eigenvalue weighted by molar-refractivity contribution is 8.01. The zero-order valence-electron chi connectivity index (χ0n) is 14.7. The summed E-state index contributed by atoms with van der Waals surface area (Å²) in [6, 6.07) is 7.76. The zero-order valence-corrected chi connectivity index (χ0v) is 16.3. The monoisotopic (exact) mass is 405 g/mol. The van der Waals surface area contributed by atoms with Crippen LogP contribution in [0.5, 0.6) is 5.75 Å². The van der Waals surface area contributed by atoms with Crippen LogP contribution in [0.2, 0.25) is 0 Å². The molecule has 1 fully saturated rings. The molecule has 10 heteroatoms. The highest BCUT2D eigenvalue weighted by Gasteiger charge is 2.33. The Balaban J connectivity index is 1.43. The third-order valence-corrected chi connectivity index (χ3v) is 6.22. The average molecular weight is 406 g/mol. The molecule has 8 nitrogen and oxygen atoms in total. The van der Waals surface area contributed by atoms with Crippen molar-refractivity contribution in [3.63, 3.8) is 0 Å². The van der Waals surface area contributed by atoms with Gasteiger partial charge in [0.1, 0.15) is 5.75 Å². The molecule has 1 aliphatic heterocycles. The summed E-state index contributed by atoms with van der Waals surface area (Å²) in [5.74, 6) is 0.390. The maximum atomic E-state index is 12.8. The van der Waals surface area contributed by atoms with Gasteiger partial charge in [-0.1, -0.05) is 35.2 Å². The highest BCUT2D eigenvalue weighted by atomic mass is 32.2. The number of carbonyl (C=O) groups is 2. The number of rotatable bonds is 6. The summed E-state index contributed by atoms with van der Waals surface area (Å²) in [6.07, 6.45) is 1.61. The second-order valence-corrected chi connectivity index (χ2v) is 8.47. The van der Waals surface area contributed by atoms with E-state index in [0.717, 1.165) is 9.47 Å². The molecule has 4 rings (SSSR count). The lowest BCUT2D eigenvalue weighted by Crippen LogP contribution is -2.50. The van der Waals surface area contributed by atoms with Gasteiger partial charge in [0.05, 0.1) is 18.0 Å². The SMILES string of the molecule is CNC(=O)C1CN(C(=O)CSc2nnc(NC3CC3)s2)c2ccccc2O1. The van der Waals surface area contributed by atoms with Crippen LogP contribution >= 0.6 is 23.1 Å². The number of benzene rings is 1. The van der Waals surface area contributed by atoms with E-state index >= 15 is 0 Å². The van der Waals surface area contributed by atoms with E-state index in [4.69, 9.17) is 4.74 Å². The largest absolute Gasteiger partial charge is 0.477 e. The topological polar surface area (TPSA) is 96.5 Å². The van der Waals surface area contributed by atoms with Crippen LogP contribution in [0, 0.1) is 0 Å². The Morgan fingerprint density at radius 2 is 2.15 bits per heavy atom. The fraction of sp³-hybridized carbons (Fsp3) is 0.412. The predicted molar refractivity (Wildman–Crippen MR) is 105 cm³/mol. The van der Waals surface area contributed by atoms with Crippen LogP contribution in [0.1, 0.15) is 12.8 Å². The normalized spacial score (nSPS) is 18.4. The minimum atomic E-state index is -0.727. The molecular weight excluding hydrogens is 386 g/mol. The number of para-hydroxylation sites is 2. The number of hydrogen-bond donors (Lipinski definition) is 2. The summed E-state index contributed by atoms with van der Waals surface area (Å²) < 4.78 is 6.48. The molecule has 0 radical (unpaired) electrons. The number of ether oxygens (including phenoxy) is 1. The number of amides is 2. The van der Waals surface area contributed by atoms with Crippen molar-refractivity contribution in [2.75, 3.05) is 29.6 Å². The van der Waals surface area contributed by atoms with Gasteiger partial charge in [0.25, 0.3) is 5.91 Å². The van der Waals surface area contributed by atoms with Gasteiger partial charge in [-0.25, -0.2) is 0 Å². The third-order valence-electron chi connectivity index (χ3n) is 4.24. The molecule has 1 atom stereocenters. The third kappa shape index (κ3) is 4.16. The molecule has 1 saturated carbocycles. The Hall–Kier alpha value is -2.33. The molecule has 2 aromatic rings. The fourth-order valence-corrected chi connectivity index (χ4v) is 4.40. The van der Waals surface area contributed by atoms with E-state index in [1.54, 1.807) is 18.0 Å². The smallest absolute Gasteiger partial charge is 0.262 e. The first-order valence-electron chi connectivity index (χ1n) is 8.64. The lowest BCUT2D eigenvalue weighted by atomic mass is 10.2. The van der Waals surface area contributed by atoms with Gasteiger partial charge in [-0.05, 0) is 25.0 Å². The molecule has 0 spiro atoms. The number of likely N-dealkylation sites (N-methyl/N-ethyl adjacent to an activating group) is 1. The molecule has 1 aromatic heterocycles. The Labute approximate surface area is 164 Å². The van der Waals surface area contributed by atoms with Crippen molar-refractivity contribution in [3.8, 4) is 5.75 Å². The zero-order chi connectivity index (χ0) is 18.8. The predicted octanol–water partition coefficient (Wildman–Crippen LogP) is 1.74. The second kappa shape index (κ2) is 7.73. The summed E-state index contributed by atoms with van der Waals surface area (Å²) in [5.41, 5.74) is 0.677. The first-order valence-corrected chi connectivity index (χ1v) is 10.4. The Morgan fingerprint density at radius 3 is 2.93 bits per heavy atom. The number of thioether (sulfide) groups is 1. The lowest BCUT2D eigenvalue weighted by molar-refractivity contribution is -0.127. The summed E-state index contributed by atoms with van der Waals surface area (Å²) in [6.45, 7) is 0.181. The van der Waals surface area contributed by atoms with Gasteiger partial charge in [-0.2, -0.15) is 0 Å². The summed E-state index contributed by atoms with van der Waals surface area (Å²) in [5, 5.41) is 14.9. The van der Waals surface area contributed by atoms with Crippen LogP contribution in [0.4, 0.5) is 10.8 Å². The van der Waals surface area contributed by atoms with Gasteiger partial charge >= 0.3 is 0 Å². The number of carbonyl (C=O) groups excluding carboxylic acids is 2. The summed E-state index contributed by atoms with van der Waals surface area (Å²) in [4.78, 5) is 26.5. The molecule has 142 valence electrons. The molecule has 27 heavy (non-hydrogen) atoms. The summed E-state index contributed by atoms with van der Waals surface area (Å²) >= 11 is 2.81. The minimum absolute atomic E-state index is 0.100. The number of anilines is 2. The molecule has 2 amide bonds.